The number of carbonyl (C=O) groups is 1. The first kappa shape index (κ1) is 18.8. The van der Waals surface area contributed by atoms with Crippen molar-refractivity contribution in [2.45, 2.75) is 40.3 Å². The molecule has 136 valence electrons. The molecular weight excluding hydrogens is 326 g/mol. The number of methoxy groups -OCH3 is 1. The minimum atomic E-state index is -0.530. The number of rotatable bonds is 8. The third-order valence-corrected chi connectivity index (χ3v) is 3.43. The van der Waals surface area contributed by atoms with E-state index >= 15 is 0 Å². The summed E-state index contributed by atoms with van der Waals surface area (Å²) in [5, 5.41) is 3.77. The lowest BCUT2D eigenvalue weighted by molar-refractivity contribution is 0.0727. The zero-order valence-corrected chi connectivity index (χ0v) is 14.9. The second kappa shape index (κ2) is 8.52. The molecule has 1 amide bonds. The van der Waals surface area contributed by atoms with E-state index in [-0.39, 0.29) is 24.8 Å². The standard InChI is InChI=1S/C16H23N5O4/c1-5-21(8-14-19-13(9-24-4)20-25-14)15(22)12-7-11(6-10(2)3)17-16(23)18-12/h7,10H,5-6,8-9H2,1-4H3,(H,17,18,23). The summed E-state index contributed by atoms with van der Waals surface area (Å²) in [6.07, 6.45) is 0.661. The first-order chi connectivity index (χ1) is 11.9. The van der Waals surface area contributed by atoms with Gasteiger partial charge in [0.1, 0.15) is 18.8 Å². The van der Waals surface area contributed by atoms with Gasteiger partial charge in [-0.1, -0.05) is 19.0 Å². The fraction of sp³-hybridized carbons (Fsp3) is 0.562. The highest BCUT2D eigenvalue weighted by Crippen LogP contribution is 2.10. The highest BCUT2D eigenvalue weighted by molar-refractivity contribution is 5.92. The maximum absolute atomic E-state index is 12.7. The van der Waals surface area contributed by atoms with Crippen LogP contribution in [-0.2, 0) is 24.3 Å². The number of hydrogen-bond acceptors (Lipinski definition) is 7. The molecule has 9 nitrogen and oxygen atoms in total. The number of H-pyrrole nitrogens is 1. The fourth-order valence-electron chi connectivity index (χ4n) is 2.36. The van der Waals surface area contributed by atoms with E-state index in [4.69, 9.17) is 9.26 Å². The normalized spacial score (nSPS) is 11.1. The third kappa shape index (κ3) is 5.21. The number of aromatic nitrogens is 4. The lowest BCUT2D eigenvalue weighted by atomic mass is 10.1. The molecule has 2 rings (SSSR count). The van der Waals surface area contributed by atoms with Crippen LogP contribution >= 0.6 is 0 Å². The van der Waals surface area contributed by atoms with Crippen LogP contribution in [0.15, 0.2) is 15.4 Å². The van der Waals surface area contributed by atoms with Gasteiger partial charge in [-0.3, -0.25) is 4.79 Å². The predicted molar refractivity (Wildman–Crippen MR) is 88.8 cm³/mol. The van der Waals surface area contributed by atoms with Gasteiger partial charge in [-0.2, -0.15) is 9.97 Å². The van der Waals surface area contributed by atoms with Crippen LogP contribution in [0.3, 0.4) is 0 Å². The van der Waals surface area contributed by atoms with Gasteiger partial charge in [0.05, 0.1) is 0 Å². The molecule has 0 radical (unpaired) electrons. The van der Waals surface area contributed by atoms with Gasteiger partial charge in [-0.15, -0.1) is 0 Å². The van der Waals surface area contributed by atoms with E-state index in [1.54, 1.807) is 6.07 Å². The van der Waals surface area contributed by atoms with Gasteiger partial charge in [-0.25, -0.2) is 4.79 Å². The maximum atomic E-state index is 12.7. The summed E-state index contributed by atoms with van der Waals surface area (Å²) >= 11 is 0. The van der Waals surface area contributed by atoms with Crippen molar-refractivity contribution in [3.05, 3.63) is 39.7 Å². The van der Waals surface area contributed by atoms with Gasteiger partial charge < -0.3 is 19.1 Å². The summed E-state index contributed by atoms with van der Waals surface area (Å²) in [5.41, 5.74) is 0.269. The molecule has 2 heterocycles. The summed E-state index contributed by atoms with van der Waals surface area (Å²) in [6.45, 7) is 6.68. The topological polar surface area (TPSA) is 114 Å². The number of carbonyl (C=O) groups excluding carboxylic acids is 1. The van der Waals surface area contributed by atoms with Crippen molar-refractivity contribution >= 4 is 5.91 Å². The second-order valence-electron chi connectivity index (χ2n) is 6.05. The van der Waals surface area contributed by atoms with Crippen LogP contribution in [-0.4, -0.2) is 44.6 Å². The van der Waals surface area contributed by atoms with Crippen molar-refractivity contribution < 1.29 is 14.1 Å². The minimum Gasteiger partial charge on any atom is -0.377 e. The monoisotopic (exact) mass is 349 g/mol. The lowest BCUT2D eigenvalue weighted by Crippen LogP contribution is -2.33. The molecule has 1 N–H and O–H groups in total. The molecule has 2 aromatic heterocycles. The van der Waals surface area contributed by atoms with Gasteiger partial charge in [-0.05, 0) is 25.3 Å². The Morgan fingerprint density at radius 2 is 2.16 bits per heavy atom. The van der Waals surface area contributed by atoms with Crippen molar-refractivity contribution in [2.24, 2.45) is 5.92 Å². The molecule has 9 heteroatoms. The lowest BCUT2D eigenvalue weighted by Gasteiger charge is -2.18. The third-order valence-electron chi connectivity index (χ3n) is 3.43. The van der Waals surface area contributed by atoms with Crippen LogP contribution in [0.4, 0.5) is 0 Å². The Morgan fingerprint density at radius 3 is 2.80 bits per heavy atom. The molecule has 2 aromatic rings. The first-order valence-electron chi connectivity index (χ1n) is 8.12. The largest absolute Gasteiger partial charge is 0.377 e. The smallest absolute Gasteiger partial charge is 0.345 e. The number of ether oxygens (including phenoxy) is 1. The Hall–Kier alpha value is -2.55. The van der Waals surface area contributed by atoms with Crippen molar-refractivity contribution in [1.29, 1.82) is 0 Å². The Kier molecular flexibility index (Phi) is 6.40. The summed E-state index contributed by atoms with van der Waals surface area (Å²) in [6, 6.07) is 1.62. The molecule has 0 saturated carbocycles. The quantitative estimate of drug-likeness (QED) is 0.760. The van der Waals surface area contributed by atoms with E-state index in [1.807, 2.05) is 20.8 Å². The molecule has 0 aliphatic carbocycles. The highest BCUT2D eigenvalue weighted by atomic mass is 16.5. The van der Waals surface area contributed by atoms with Crippen molar-refractivity contribution in [3.63, 3.8) is 0 Å². The minimum absolute atomic E-state index is 0.109. The number of aromatic amines is 1. The Labute approximate surface area is 145 Å². The number of nitrogens with one attached hydrogen (secondary N) is 1. The molecule has 0 aromatic carbocycles. The number of amides is 1. The van der Waals surface area contributed by atoms with E-state index in [0.717, 1.165) is 0 Å². The Morgan fingerprint density at radius 1 is 1.40 bits per heavy atom. The van der Waals surface area contributed by atoms with E-state index < -0.39 is 5.69 Å². The van der Waals surface area contributed by atoms with Gasteiger partial charge >= 0.3 is 5.69 Å². The molecule has 0 unspecified atom stereocenters. The van der Waals surface area contributed by atoms with Crippen LogP contribution < -0.4 is 5.69 Å². The molecular formula is C16H23N5O4. The Balaban J connectivity index is 2.18. The summed E-state index contributed by atoms with van der Waals surface area (Å²) < 4.78 is 10.0. The summed E-state index contributed by atoms with van der Waals surface area (Å²) in [7, 11) is 1.53. The molecule has 0 saturated heterocycles. The zero-order chi connectivity index (χ0) is 18.4. The number of nitrogens with zero attached hydrogens (tertiary/aromatic N) is 4. The van der Waals surface area contributed by atoms with Gasteiger partial charge in [0.25, 0.3) is 5.91 Å². The van der Waals surface area contributed by atoms with Crippen molar-refractivity contribution in [1.82, 2.24) is 25.0 Å². The van der Waals surface area contributed by atoms with Gasteiger partial charge in [0, 0.05) is 19.3 Å². The molecule has 0 spiro atoms. The molecule has 0 aliphatic rings. The first-order valence-corrected chi connectivity index (χ1v) is 8.12. The van der Waals surface area contributed by atoms with Crippen LogP contribution in [0, 0.1) is 5.92 Å². The van der Waals surface area contributed by atoms with Crippen molar-refractivity contribution in [2.75, 3.05) is 13.7 Å². The van der Waals surface area contributed by atoms with Gasteiger partial charge in [0.15, 0.2) is 5.82 Å². The Bertz CT molecular complexity index is 768. The SMILES string of the molecule is CCN(Cc1nc(COC)no1)C(=O)c1cc(CC(C)C)[nH]c(=O)n1. The molecule has 0 bridgehead atoms. The molecule has 25 heavy (non-hydrogen) atoms. The maximum Gasteiger partial charge on any atom is 0.345 e. The van der Waals surface area contributed by atoms with Crippen LogP contribution in [0.25, 0.3) is 0 Å². The fourth-order valence-corrected chi connectivity index (χ4v) is 2.36. The summed E-state index contributed by atoms with van der Waals surface area (Å²) in [4.78, 5) is 36.6. The zero-order valence-electron chi connectivity index (χ0n) is 14.9. The molecule has 0 atom stereocenters. The molecule has 0 fully saturated rings. The second-order valence-corrected chi connectivity index (χ2v) is 6.05. The average Bonchev–Trinajstić information content (AvgIpc) is 2.98. The van der Waals surface area contributed by atoms with E-state index in [0.29, 0.717) is 36.3 Å². The van der Waals surface area contributed by atoms with E-state index in [2.05, 4.69) is 20.1 Å². The van der Waals surface area contributed by atoms with Crippen LogP contribution in [0.5, 0.6) is 0 Å². The predicted octanol–water partition coefficient (Wildman–Crippen LogP) is 1.16. The van der Waals surface area contributed by atoms with Crippen LogP contribution in [0.1, 0.15) is 48.7 Å². The average molecular weight is 349 g/mol. The molecule has 0 aliphatic heterocycles. The van der Waals surface area contributed by atoms with E-state index in [1.165, 1.54) is 12.0 Å². The van der Waals surface area contributed by atoms with E-state index in [9.17, 15) is 9.59 Å². The van der Waals surface area contributed by atoms with Crippen molar-refractivity contribution in [3.8, 4) is 0 Å². The number of hydrogen-bond donors (Lipinski definition) is 1. The van der Waals surface area contributed by atoms with Crippen LogP contribution in [0.2, 0.25) is 0 Å². The summed E-state index contributed by atoms with van der Waals surface area (Å²) in [5.74, 6) is 0.704. The highest BCUT2D eigenvalue weighted by Gasteiger charge is 2.20. The van der Waals surface area contributed by atoms with Gasteiger partial charge in [0.2, 0.25) is 5.89 Å².